The van der Waals surface area contributed by atoms with Crippen molar-refractivity contribution in [3.05, 3.63) is 45.2 Å². The van der Waals surface area contributed by atoms with E-state index in [-0.39, 0.29) is 34.2 Å². The van der Waals surface area contributed by atoms with Crippen LogP contribution in [0.5, 0.6) is 0 Å². The van der Waals surface area contributed by atoms with Gasteiger partial charge in [0.1, 0.15) is 15.4 Å². The molecule has 1 amide bonds. The Labute approximate surface area is 177 Å². The summed E-state index contributed by atoms with van der Waals surface area (Å²) in [6.45, 7) is 9.04. The summed E-state index contributed by atoms with van der Waals surface area (Å²) < 4.78 is 11.7. The molecule has 0 unspecified atom stereocenters. The number of hydrogen-bond acceptors (Lipinski definition) is 8. The summed E-state index contributed by atoms with van der Waals surface area (Å²) >= 11 is 0.971. The first-order valence-electron chi connectivity index (χ1n) is 9.39. The monoisotopic (exact) mass is 430 g/mol. The van der Waals surface area contributed by atoms with Crippen LogP contribution in [0, 0.1) is 20.8 Å². The largest absolute Gasteiger partial charge is 0.462 e. The molecule has 0 fully saturated rings. The van der Waals surface area contributed by atoms with Crippen LogP contribution in [0.25, 0.3) is 5.65 Å². The Morgan fingerprint density at radius 1 is 1.10 bits per heavy atom. The highest BCUT2D eigenvalue weighted by atomic mass is 32.1. The van der Waals surface area contributed by atoms with Crippen molar-refractivity contribution in [2.24, 2.45) is 0 Å². The maximum Gasteiger partial charge on any atom is 0.348 e. The fourth-order valence-electron chi connectivity index (χ4n) is 3.04. The Morgan fingerprint density at radius 3 is 2.43 bits per heavy atom. The van der Waals surface area contributed by atoms with Gasteiger partial charge in [-0.3, -0.25) is 4.79 Å². The summed E-state index contributed by atoms with van der Waals surface area (Å²) in [6.07, 6.45) is 1.42. The second kappa shape index (κ2) is 8.62. The summed E-state index contributed by atoms with van der Waals surface area (Å²) in [5.41, 5.74) is 2.77. The van der Waals surface area contributed by atoms with Crippen LogP contribution >= 0.6 is 11.3 Å². The number of hydrogen-bond donors (Lipinski definition) is 1. The van der Waals surface area contributed by atoms with Gasteiger partial charge in [-0.15, -0.1) is 11.3 Å². The van der Waals surface area contributed by atoms with Crippen LogP contribution in [0.2, 0.25) is 0 Å². The van der Waals surface area contributed by atoms with E-state index in [4.69, 9.17) is 9.47 Å². The van der Waals surface area contributed by atoms with Crippen molar-refractivity contribution >= 4 is 39.8 Å². The number of amides is 1. The zero-order valence-corrected chi connectivity index (χ0v) is 18.2. The maximum atomic E-state index is 13.0. The minimum Gasteiger partial charge on any atom is -0.462 e. The van der Waals surface area contributed by atoms with Gasteiger partial charge in [0.2, 0.25) is 0 Å². The number of rotatable bonds is 6. The number of carbonyl (C=O) groups excluding carboxylic acids is 3. The van der Waals surface area contributed by atoms with Crippen molar-refractivity contribution in [3.8, 4) is 0 Å². The van der Waals surface area contributed by atoms with Crippen molar-refractivity contribution in [1.29, 1.82) is 0 Å². The van der Waals surface area contributed by atoms with Crippen molar-refractivity contribution in [2.75, 3.05) is 18.5 Å². The third-order valence-corrected chi connectivity index (χ3v) is 5.52. The molecule has 0 saturated carbocycles. The van der Waals surface area contributed by atoms with E-state index in [0.717, 1.165) is 22.7 Å². The van der Waals surface area contributed by atoms with Crippen molar-refractivity contribution in [1.82, 2.24) is 14.6 Å². The quantitative estimate of drug-likeness (QED) is 0.597. The smallest absolute Gasteiger partial charge is 0.348 e. The molecule has 3 rings (SSSR count). The molecule has 0 spiro atoms. The summed E-state index contributed by atoms with van der Waals surface area (Å²) in [5, 5.41) is 7.15. The van der Waals surface area contributed by atoms with Crippen LogP contribution in [-0.4, -0.2) is 45.7 Å². The molecule has 1 N–H and O–H groups in total. The number of esters is 2. The lowest BCUT2D eigenvalue weighted by atomic mass is 10.1. The van der Waals surface area contributed by atoms with Crippen LogP contribution in [0.1, 0.15) is 61.2 Å². The lowest BCUT2D eigenvalue weighted by molar-refractivity contribution is 0.0527. The lowest BCUT2D eigenvalue weighted by Crippen LogP contribution is -2.15. The standard InChI is InChI=1S/C20H22N4O5S/c1-6-28-19(26)14-12(5)15(20(27)29-7-2)30-18(14)23-17(25)13-9-21-24-11(4)8-10(3)22-16(13)24/h8-9H,6-7H2,1-5H3,(H,23,25). The molecule has 3 heterocycles. The third kappa shape index (κ3) is 3.90. The van der Waals surface area contributed by atoms with Crippen LogP contribution in [-0.2, 0) is 9.47 Å². The zero-order chi connectivity index (χ0) is 22.0. The van der Waals surface area contributed by atoms with Gasteiger partial charge in [-0.1, -0.05) is 0 Å². The minimum atomic E-state index is -0.623. The maximum absolute atomic E-state index is 13.0. The molecule has 0 atom stereocenters. The first-order chi connectivity index (χ1) is 14.3. The number of ether oxygens (including phenoxy) is 2. The van der Waals surface area contributed by atoms with E-state index in [2.05, 4.69) is 15.4 Å². The second-order valence-electron chi connectivity index (χ2n) is 6.49. The number of thiophene rings is 1. The van der Waals surface area contributed by atoms with Crippen molar-refractivity contribution in [3.63, 3.8) is 0 Å². The van der Waals surface area contributed by atoms with Gasteiger partial charge >= 0.3 is 11.9 Å². The average Bonchev–Trinajstić information content (AvgIpc) is 3.23. The van der Waals surface area contributed by atoms with Gasteiger partial charge in [-0.2, -0.15) is 5.10 Å². The van der Waals surface area contributed by atoms with E-state index in [0.29, 0.717) is 11.2 Å². The first-order valence-corrected chi connectivity index (χ1v) is 10.2. The van der Waals surface area contributed by atoms with Crippen molar-refractivity contribution < 1.29 is 23.9 Å². The summed E-state index contributed by atoms with van der Waals surface area (Å²) in [6, 6.07) is 1.86. The summed E-state index contributed by atoms with van der Waals surface area (Å²) in [4.78, 5) is 42.4. The average molecular weight is 430 g/mol. The molecule has 0 aliphatic rings. The zero-order valence-electron chi connectivity index (χ0n) is 17.4. The van der Waals surface area contributed by atoms with Crippen LogP contribution in [0.15, 0.2) is 12.3 Å². The first kappa shape index (κ1) is 21.4. The number of anilines is 1. The van der Waals surface area contributed by atoms with Crippen LogP contribution < -0.4 is 5.32 Å². The predicted octanol–water partition coefficient (Wildman–Crippen LogP) is 3.32. The van der Waals surface area contributed by atoms with Gasteiger partial charge < -0.3 is 14.8 Å². The number of carbonyl (C=O) groups is 3. The summed E-state index contributed by atoms with van der Waals surface area (Å²) in [7, 11) is 0. The van der Waals surface area contributed by atoms with E-state index in [1.165, 1.54) is 6.20 Å². The molecule has 158 valence electrons. The minimum absolute atomic E-state index is 0.134. The predicted molar refractivity (Wildman–Crippen MR) is 111 cm³/mol. The molecule has 9 nitrogen and oxygen atoms in total. The molecule has 3 aromatic heterocycles. The molecule has 0 aliphatic heterocycles. The highest BCUT2D eigenvalue weighted by Gasteiger charge is 2.28. The molecular weight excluding hydrogens is 408 g/mol. The molecule has 0 saturated heterocycles. The molecular formula is C20H22N4O5S. The number of aryl methyl sites for hydroxylation is 2. The summed E-state index contributed by atoms with van der Waals surface area (Å²) in [5.74, 6) is -1.68. The molecule has 30 heavy (non-hydrogen) atoms. The van der Waals surface area contributed by atoms with E-state index < -0.39 is 17.8 Å². The fourth-order valence-corrected chi connectivity index (χ4v) is 4.13. The molecule has 0 aliphatic carbocycles. The Morgan fingerprint density at radius 2 is 1.77 bits per heavy atom. The second-order valence-corrected chi connectivity index (χ2v) is 7.51. The number of fused-ring (bicyclic) bond motifs is 1. The molecule has 0 bridgehead atoms. The number of nitrogens with one attached hydrogen (secondary N) is 1. The van der Waals surface area contributed by atoms with Crippen LogP contribution in [0.3, 0.4) is 0 Å². The number of nitrogens with zero attached hydrogens (tertiary/aromatic N) is 3. The fraction of sp³-hybridized carbons (Fsp3) is 0.350. The topological polar surface area (TPSA) is 112 Å². The van der Waals surface area contributed by atoms with Crippen LogP contribution in [0.4, 0.5) is 5.00 Å². The molecule has 3 aromatic rings. The molecule has 10 heteroatoms. The molecule has 0 radical (unpaired) electrons. The van der Waals surface area contributed by atoms with Crippen molar-refractivity contribution in [2.45, 2.75) is 34.6 Å². The Hall–Kier alpha value is -3.27. The van der Waals surface area contributed by atoms with Gasteiger partial charge in [-0.05, 0) is 46.2 Å². The Bertz CT molecular complexity index is 1150. The lowest BCUT2D eigenvalue weighted by Gasteiger charge is -2.07. The Kier molecular flexibility index (Phi) is 6.16. The van der Waals surface area contributed by atoms with Gasteiger partial charge in [-0.25, -0.2) is 19.1 Å². The number of aromatic nitrogens is 3. The van der Waals surface area contributed by atoms with Gasteiger partial charge in [0, 0.05) is 11.4 Å². The van der Waals surface area contributed by atoms with E-state index in [1.807, 2.05) is 19.9 Å². The Balaban J connectivity index is 2.03. The SMILES string of the molecule is CCOC(=O)c1sc(NC(=O)c2cnn3c(C)cc(C)nc23)c(C(=O)OCC)c1C. The van der Waals surface area contributed by atoms with Gasteiger partial charge in [0.05, 0.1) is 25.0 Å². The van der Waals surface area contributed by atoms with E-state index in [1.54, 1.807) is 25.3 Å². The highest BCUT2D eigenvalue weighted by Crippen LogP contribution is 2.34. The van der Waals surface area contributed by atoms with E-state index >= 15 is 0 Å². The van der Waals surface area contributed by atoms with E-state index in [9.17, 15) is 14.4 Å². The van der Waals surface area contributed by atoms with Gasteiger partial charge in [0.25, 0.3) is 5.91 Å². The molecule has 0 aromatic carbocycles. The van der Waals surface area contributed by atoms with Gasteiger partial charge in [0.15, 0.2) is 5.65 Å². The third-order valence-electron chi connectivity index (χ3n) is 4.34. The normalized spacial score (nSPS) is 10.8. The highest BCUT2D eigenvalue weighted by molar-refractivity contribution is 7.18.